The molecule has 0 spiro atoms. The predicted molar refractivity (Wildman–Crippen MR) is 128 cm³/mol. The molecule has 0 bridgehead atoms. The van der Waals surface area contributed by atoms with E-state index in [1.165, 1.54) is 17.4 Å². The third kappa shape index (κ3) is 5.68. The van der Waals surface area contributed by atoms with Crippen molar-refractivity contribution in [1.29, 1.82) is 0 Å². The van der Waals surface area contributed by atoms with Crippen molar-refractivity contribution in [3.05, 3.63) is 89.2 Å². The zero-order valence-electron chi connectivity index (χ0n) is 17.9. The summed E-state index contributed by atoms with van der Waals surface area (Å²) in [7, 11) is 1.64. The van der Waals surface area contributed by atoms with Gasteiger partial charge in [0.05, 0.1) is 11.8 Å². The molecule has 166 valence electrons. The fourth-order valence-corrected chi connectivity index (χ4v) is 4.38. The van der Waals surface area contributed by atoms with Crippen molar-refractivity contribution in [2.45, 2.75) is 13.0 Å². The van der Waals surface area contributed by atoms with Crippen LogP contribution in [0.5, 0.6) is 5.75 Å². The van der Waals surface area contributed by atoms with Crippen LogP contribution in [0.25, 0.3) is 10.2 Å². The number of anilines is 1. The second kappa shape index (κ2) is 10.2. The first-order valence-corrected chi connectivity index (χ1v) is 11.1. The number of benzene rings is 3. The van der Waals surface area contributed by atoms with Gasteiger partial charge in [-0.25, -0.2) is 14.2 Å². The van der Waals surface area contributed by atoms with Crippen LogP contribution in [-0.2, 0) is 17.8 Å². The van der Waals surface area contributed by atoms with E-state index in [-0.39, 0.29) is 5.82 Å². The number of ether oxygens (including phenoxy) is 1. The van der Waals surface area contributed by atoms with E-state index in [2.05, 4.69) is 21.7 Å². The highest BCUT2D eigenvalue weighted by molar-refractivity contribution is 7.22. The molecular formula is C26H21FN2O3S. The number of fused-ring (bicyclic) bond motifs is 1. The summed E-state index contributed by atoms with van der Waals surface area (Å²) in [5.41, 5.74) is 3.19. The van der Waals surface area contributed by atoms with Crippen molar-refractivity contribution in [2.24, 2.45) is 0 Å². The Balaban J connectivity index is 1.58. The van der Waals surface area contributed by atoms with Gasteiger partial charge in [-0.2, -0.15) is 0 Å². The summed E-state index contributed by atoms with van der Waals surface area (Å²) in [5, 5.41) is 9.46. The minimum Gasteiger partial charge on any atom is -0.497 e. The monoisotopic (exact) mass is 460 g/mol. The van der Waals surface area contributed by atoms with Gasteiger partial charge in [-0.3, -0.25) is 0 Å². The first-order valence-electron chi connectivity index (χ1n) is 10.3. The van der Waals surface area contributed by atoms with Crippen molar-refractivity contribution >= 4 is 32.7 Å². The molecule has 0 aliphatic carbocycles. The molecule has 33 heavy (non-hydrogen) atoms. The van der Waals surface area contributed by atoms with Gasteiger partial charge in [0.15, 0.2) is 5.13 Å². The molecule has 0 radical (unpaired) electrons. The number of rotatable bonds is 7. The number of hydrogen-bond acceptors (Lipinski definition) is 5. The Morgan fingerprint density at radius 3 is 2.48 bits per heavy atom. The van der Waals surface area contributed by atoms with E-state index in [1.807, 2.05) is 42.5 Å². The molecular weight excluding hydrogens is 439 g/mol. The van der Waals surface area contributed by atoms with Crippen molar-refractivity contribution in [2.75, 3.05) is 18.6 Å². The average molecular weight is 461 g/mol. The highest BCUT2D eigenvalue weighted by atomic mass is 32.1. The summed E-state index contributed by atoms with van der Waals surface area (Å²) in [4.78, 5) is 17.4. The minimum atomic E-state index is -1.16. The number of carboxylic acids is 1. The summed E-state index contributed by atoms with van der Waals surface area (Å²) >= 11 is 1.46. The van der Waals surface area contributed by atoms with Crippen LogP contribution in [0.4, 0.5) is 9.52 Å². The lowest BCUT2D eigenvalue weighted by molar-refractivity contribution is -0.130. The Labute approximate surface area is 195 Å². The highest BCUT2D eigenvalue weighted by Crippen LogP contribution is 2.31. The molecule has 0 unspecified atom stereocenters. The summed E-state index contributed by atoms with van der Waals surface area (Å²) in [5.74, 6) is 4.05. The van der Waals surface area contributed by atoms with E-state index < -0.39 is 5.97 Å². The van der Waals surface area contributed by atoms with Crippen LogP contribution in [-0.4, -0.2) is 29.7 Å². The SMILES string of the molecule is COc1ccc(CCN(Cc2ccc(C#CC(=O)O)cc2)c2nc3c(F)cccc3s2)cc1. The molecule has 0 saturated carbocycles. The fourth-order valence-electron chi connectivity index (χ4n) is 3.38. The Morgan fingerprint density at radius 1 is 1.09 bits per heavy atom. The van der Waals surface area contributed by atoms with Gasteiger partial charge in [-0.05, 0) is 53.9 Å². The van der Waals surface area contributed by atoms with Crippen LogP contribution in [0.1, 0.15) is 16.7 Å². The summed E-state index contributed by atoms with van der Waals surface area (Å²) in [6.45, 7) is 1.26. The molecule has 4 rings (SSSR count). The number of nitrogens with zero attached hydrogens (tertiary/aromatic N) is 2. The number of thiazole rings is 1. The van der Waals surface area contributed by atoms with Gasteiger partial charge in [0.2, 0.25) is 0 Å². The molecule has 0 atom stereocenters. The maximum absolute atomic E-state index is 14.2. The van der Waals surface area contributed by atoms with Crippen LogP contribution in [0, 0.1) is 17.7 Å². The quantitative estimate of drug-likeness (QED) is 0.388. The highest BCUT2D eigenvalue weighted by Gasteiger charge is 2.15. The molecule has 1 heterocycles. The van der Waals surface area contributed by atoms with Crippen LogP contribution in [0.3, 0.4) is 0 Å². The molecule has 0 aliphatic rings. The lowest BCUT2D eigenvalue weighted by Crippen LogP contribution is -2.25. The van der Waals surface area contributed by atoms with Crippen molar-refractivity contribution in [3.63, 3.8) is 0 Å². The molecule has 3 aromatic carbocycles. The lowest BCUT2D eigenvalue weighted by Gasteiger charge is -2.22. The summed E-state index contributed by atoms with van der Waals surface area (Å²) in [6, 6.07) is 20.3. The van der Waals surface area contributed by atoms with Gasteiger partial charge in [-0.1, -0.05) is 47.6 Å². The number of methoxy groups -OCH3 is 1. The normalized spacial score (nSPS) is 10.5. The smallest absolute Gasteiger partial charge is 0.382 e. The van der Waals surface area contributed by atoms with Crippen LogP contribution in [0.2, 0.25) is 0 Å². The van der Waals surface area contributed by atoms with E-state index in [9.17, 15) is 9.18 Å². The zero-order chi connectivity index (χ0) is 23.2. The van der Waals surface area contributed by atoms with Crippen LogP contribution in [0.15, 0.2) is 66.7 Å². The molecule has 0 saturated heterocycles. The van der Waals surface area contributed by atoms with E-state index in [0.29, 0.717) is 24.2 Å². The molecule has 0 amide bonds. The lowest BCUT2D eigenvalue weighted by atomic mass is 10.1. The van der Waals surface area contributed by atoms with Gasteiger partial charge in [0, 0.05) is 24.6 Å². The number of aromatic nitrogens is 1. The van der Waals surface area contributed by atoms with Gasteiger partial charge in [0.25, 0.3) is 0 Å². The van der Waals surface area contributed by atoms with Gasteiger partial charge in [-0.15, -0.1) is 0 Å². The second-order valence-electron chi connectivity index (χ2n) is 7.35. The Hall–Kier alpha value is -3.89. The largest absolute Gasteiger partial charge is 0.497 e. The Kier molecular flexibility index (Phi) is 6.86. The van der Waals surface area contributed by atoms with Crippen molar-refractivity contribution in [1.82, 2.24) is 4.98 Å². The standard InChI is InChI=1S/C26H21FN2O3S/c1-32-21-12-9-19(10-13-21)15-16-29(26-28-25-22(27)3-2-4-23(25)33-26)17-20-7-5-18(6-8-20)11-14-24(30)31/h2-10,12-13H,15-17H2,1H3,(H,30,31). The van der Waals surface area contributed by atoms with E-state index in [0.717, 1.165) is 33.1 Å². The molecule has 1 N–H and O–H groups in total. The fraction of sp³-hybridized carbons (Fsp3) is 0.154. The number of hydrogen-bond donors (Lipinski definition) is 1. The first kappa shape index (κ1) is 22.3. The number of aliphatic carboxylic acids is 1. The third-order valence-electron chi connectivity index (χ3n) is 5.10. The van der Waals surface area contributed by atoms with Gasteiger partial charge < -0.3 is 14.7 Å². The third-order valence-corrected chi connectivity index (χ3v) is 6.18. The number of carboxylic acid groups (broad SMARTS) is 1. The second-order valence-corrected chi connectivity index (χ2v) is 8.36. The maximum atomic E-state index is 14.2. The van der Waals surface area contributed by atoms with Crippen molar-refractivity contribution in [3.8, 4) is 17.6 Å². The van der Waals surface area contributed by atoms with E-state index in [1.54, 1.807) is 25.3 Å². The van der Waals surface area contributed by atoms with Crippen LogP contribution >= 0.6 is 11.3 Å². The zero-order valence-corrected chi connectivity index (χ0v) is 18.7. The molecule has 4 aromatic rings. The molecule has 7 heteroatoms. The van der Waals surface area contributed by atoms with E-state index >= 15 is 0 Å². The molecule has 1 aromatic heterocycles. The molecule has 0 aliphatic heterocycles. The predicted octanol–water partition coefficient (Wildman–Crippen LogP) is 5.13. The minimum absolute atomic E-state index is 0.327. The molecule has 5 nitrogen and oxygen atoms in total. The first-order chi connectivity index (χ1) is 16.0. The van der Waals surface area contributed by atoms with Gasteiger partial charge in [0.1, 0.15) is 17.1 Å². The van der Waals surface area contributed by atoms with Gasteiger partial charge >= 0.3 is 5.97 Å². The Bertz CT molecular complexity index is 1320. The average Bonchev–Trinajstić information content (AvgIpc) is 3.27. The number of halogens is 1. The summed E-state index contributed by atoms with van der Waals surface area (Å²) in [6.07, 6.45) is 0.782. The molecule has 0 fully saturated rings. The van der Waals surface area contributed by atoms with Crippen molar-refractivity contribution < 1.29 is 19.0 Å². The number of para-hydroxylation sites is 1. The number of carbonyl (C=O) groups is 1. The maximum Gasteiger partial charge on any atom is 0.382 e. The summed E-state index contributed by atoms with van der Waals surface area (Å²) < 4.78 is 20.3. The van der Waals surface area contributed by atoms with Crippen LogP contribution < -0.4 is 9.64 Å². The topological polar surface area (TPSA) is 62.7 Å². The Morgan fingerprint density at radius 2 is 1.82 bits per heavy atom. The van der Waals surface area contributed by atoms with E-state index in [4.69, 9.17) is 9.84 Å².